The van der Waals surface area contributed by atoms with Crippen molar-refractivity contribution in [2.24, 2.45) is 0 Å². The van der Waals surface area contributed by atoms with Crippen molar-refractivity contribution in [1.29, 1.82) is 0 Å². The molecule has 0 saturated heterocycles. The van der Waals surface area contributed by atoms with Crippen LogP contribution in [0.3, 0.4) is 0 Å². The highest BCUT2D eigenvalue weighted by Crippen LogP contribution is 2.36. The molecule has 0 N–H and O–H groups in total. The Morgan fingerprint density at radius 1 is 0.950 bits per heavy atom. The lowest BCUT2D eigenvalue weighted by molar-refractivity contribution is 0.576. The molecule has 102 valence electrons. The summed E-state index contributed by atoms with van der Waals surface area (Å²) in [6.45, 7) is 0. The molecule has 0 nitrogen and oxygen atoms in total. The first-order valence-corrected chi connectivity index (χ1v) is 6.93. The lowest BCUT2D eigenvalue weighted by Crippen LogP contribution is -2.05. The van der Waals surface area contributed by atoms with E-state index in [2.05, 4.69) is 18.2 Å². The molecule has 3 rings (SSSR count). The van der Waals surface area contributed by atoms with Gasteiger partial charge in [-0.25, -0.2) is 8.78 Å². The number of halogens is 2. The third kappa shape index (κ3) is 2.64. The van der Waals surface area contributed by atoms with Crippen molar-refractivity contribution >= 4 is 5.57 Å². The van der Waals surface area contributed by atoms with Crippen LogP contribution in [0, 0.1) is 11.6 Å². The predicted molar refractivity (Wildman–Crippen MR) is 77.4 cm³/mol. The topological polar surface area (TPSA) is 0 Å². The van der Waals surface area contributed by atoms with Crippen LogP contribution in [0.25, 0.3) is 5.57 Å². The van der Waals surface area contributed by atoms with Crippen LogP contribution in [0.1, 0.15) is 36.3 Å². The van der Waals surface area contributed by atoms with E-state index in [1.54, 1.807) is 6.07 Å². The van der Waals surface area contributed by atoms with Crippen LogP contribution in [-0.2, 0) is 0 Å². The van der Waals surface area contributed by atoms with Gasteiger partial charge in [-0.05, 0) is 48.4 Å². The minimum absolute atomic E-state index is 0.464. The Labute approximate surface area is 117 Å². The fourth-order valence-corrected chi connectivity index (χ4v) is 2.86. The summed E-state index contributed by atoms with van der Waals surface area (Å²) < 4.78 is 26.7. The van der Waals surface area contributed by atoms with Gasteiger partial charge in [0.05, 0.1) is 0 Å². The van der Waals surface area contributed by atoms with Gasteiger partial charge >= 0.3 is 0 Å². The Hall–Kier alpha value is -1.96. The van der Waals surface area contributed by atoms with Crippen molar-refractivity contribution < 1.29 is 8.78 Å². The van der Waals surface area contributed by atoms with E-state index in [0.717, 1.165) is 30.9 Å². The van der Waals surface area contributed by atoms with Gasteiger partial charge in [0.2, 0.25) is 0 Å². The zero-order chi connectivity index (χ0) is 13.9. The van der Waals surface area contributed by atoms with E-state index < -0.39 is 11.6 Å². The number of allylic oxidation sites excluding steroid dienone is 2. The predicted octanol–water partition coefficient (Wildman–Crippen LogP) is 5.32. The van der Waals surface area contributed by atoms with Crippen LogP contribution < -0.4 is 0 Å². The monoisotopic (exact) mass is 270 g/mol. The Balaban J connectivity index is 1.80. The Morgan fingerprint density at radius 2 is 1.75 bits per heavy atom. The summed E-state index contributed by atoms with van der Waals surface area (Å²) in [7, 11) is 0. The fourth-order valence-electron chi connectivity index (χ4n) is 2.86. The lowest BCUT2D eigenvalue weighted by Gasteiger charge is -2.22. The average molecular weight is 270 g/mol. The number of rotatable bonds is 2. The van der Waals surface area contributed by atoms with E-state index in [1.807, 2.05) is 18.2 Å². The molecular weight excluding hydrogens is 254 g/mol. The highest BCUT2D eigenvalue weighted by atomic mass is 19.1. The fraction of sp³-hybridized carbons (Fsp3) is 0.222. The molecule has 1 aliphatic rings. The summed E-state index contributed by atoms with van der Waals surface area (Å²) in [6, 6.07) is 14.2. The quantitative estimate of drug-likeness (QED) is 0.693. The van der Waals surface area contributed by atoms with Gasteiger partial charge in [-0.15, -0.1) is 0 Å². The molecule has 0 heterocycles. The van der Waals surface area contributed by atoms with Gasteiger partial charge in [0, 0.05) is 11.6 Å². The highest BCUT2D eigenvalue weighted by molar-refractivity contribution is 5.67. The first-order chi connectivity index (χ1) is 9.74. The van der Waals surface area contributed by atoms with Gasteiger partial charge in [-0.1, -0.05) is 36.4 Å². The maximum atomic E-state index is 13.8. The van der Waals surface area contributed by atoms with Gasteiger partial charge in [0.15, 0.2) is 0 Å². The summed E-state index contributed by atoms with van der Waals surface area (Å²) in [5.74, 6) is -0.484. The van der Waals surface area contributed by atoms with Gasteiger partial charge in [0.1, 0.15) is 11.6 Å². The van der Waals surface area contributed by atoms with Gasteiger partial charge in [-0.3, -0.25) is 0 Å². The molecule has 0 spiro atoms. The maximum absolute atomic E-state index is 13.8. The molecule has 2 heteroatoms. The Kier molecular flexibility index (Phi) is 3.64. The van der Waals surface area contributed by atoms with Gasteiger partial charge in [-0.2, -0.15) is 0 Å². The summed E-state index contributed by atoms with van der Waals surface area (Å²) in [5.41, 5.74) is 2.87. The second-order valence-corrected chi connectivity index (χ2v) is 5.24. The first kappa shape index (κ1) is 13.0. The molecule has 1 aliphatic carbocycles. The zero-order valence-corrected chi connectivity index (χ0v) is 11.2. The standard InChI is InChI=1S/C18H16F2/c19-16-10-11-17(18(20)12-16)15-8-6-14(7-9-15)13-4-2-1-3-5-13/h1-5,8,10-12,14H,6-7,9H2. The second kappa shape index (κ2) is 5.58. The minimum Gasteiger partial charge on any atom is -0.207 e. The Morgan fingerprint density at radius 3 is 2.40 bits per heavy atom. The normalized spacial score (nSPS) is 18.7. The van der Waals surface area contributed by atoms with Crippen LogP contribution in [0.15, 0.2) is 54.6 Å². The second-order valence-electron chi connectivity index (χ2n) is 5.24. The smallest absolute Gasteiger partial charge is 0.133 e. The van der Waals surface area contributed by atoms with Gasteiger partial charge in [0.25, 0.3) is 0 Å². The van der Waals surface area contributed by atoms with Crippen LogP contribution in [-0.4, -0.2) is 0 Å². The molecule has 0 fully saturated rings. The van der Waals surface area contributed by atoms with Crippen LogP contribution in [0.5, 0.6) is 0 Å². The molecule has 0 aromatic heterocycles. The molecule has 1 atom stereocenters. The Bertz CT molecular complexity index is 629. The summed E-state index contributed by atoms with van der Waals surface area (Å²) >= 11 is 0. The molecule has 0 radical (unpaired) electrons. The van der Waals surface area contributed by atoms with Crippen LogP contribution >= 0.6 is 0 Å². The highest BCUT2D eigenvalue weighted by Gasteiger charge is 2.18. The maximum Gasteiger partial charge on any atom is 0.133 e. The van der Waals surface area contributed by atoms with E-state index in [4.69, 9.17) is 0 Å². The van der Waals surface area contributed by atoms with E-state index in [9.17, 15) is 8.78 Å². The first-order valence-electron chi connectivity index (χ1n) is 6.93. The summed E-state index contributed by atoms with van der Waals surface area (Å²) in [6.07, 6.45) is 4.85. The van der Waals surface area contributed by atoms with E-state index in [1.165, 1.54) is 11.6 Å². The van der Waals surface area contributed by atoms with Crippen molar-refractivity contribution in [3.63, 3.8) is 0 Å². The molecular formula is C18H16F2. The van der Waals surface area contributed by atoms with E-state index in [0.29, 0.717) is 11.5 Å². The zero-order valence-electron chi connectivity index (χ0n) is 11.2. The largest absolute Gasteiger partial charge is 0.207 e. The molecule has 0 saturated carbocycles. The van der Waals surface area contributed by atoms with Crippen LogP contribution in [0.2, 0.25) is 0 Å². The average Bonchev–Trinajstić information content (AvgIpc) is 2.48. The van der Waals surface area contributed by atoms with Crippen molar-refractivity contribution in [2.45, 2.75) is 25.2 Å². The molecule has 1 unspecified atom stereocenters. The molecule has 0 aliphatic heterocycles. The molecule has 2 aromatic rings. The third-order valence-electron chi connectivity index (χ3n) is 3.96. The van der Waals surface area contributed by atoms with Crippen LogP contribution in [0.4, 0.5) is 8.78 Å². The van der Waals surface area contributed by atoms with Crippen molar-refractivity contribution in [3.05, 3.63) is 77.4 Å². The SMILES string of the molecule is Fc1ccc(C2=CCC(c3ccccc3)CC2)c(F)c1. The van der Waals surface area contributed by atoms with E-state index in [-0.39, 0.29) is 0 Å². The molecule has 20 heavy (non-hydrogen) atoms. The molecule has 2 aromatic carbocycles. The number of hydrogen-bond donors (Lipinski definition) is 0. The van der Waals surface area contributed by atoms with Crippen molar-refractivity contribution in [1.82, 2.24) is 0 Å². The number of hydrogen-bond acceptors (Lipinski definition) is 0. The van der Waals surface area contributed by atoms with E-state index >= 15 is 0 Å². The number of benzene rings is 2. The minimum atomic E-state index is -0.523. The van der Waals surface area contributed by atoms with Crippen molar-refractivity contribution in [2.75, 3.05) is 0 Å². The van der Waals surface area contributed by atoms with Crippen molar-refractivity contribution in [3.8, 4) is 0 Å². The van der Waals surface area contributed by atoms with Gasteiger partial charge < -0.3 is 0 Å². The lowest BCUT2D eigenvalue weighted by atomic mass is 9.82. The summed E-state index contributed by atoms with van der Waals surface area (Å²) in [4.78, 5) is 0. The molecule has 0 bridgehead atoms. The molecule has 0 amide bonds. The third-order valence-corrected chi connectivity index (χ3v) is 3.96. The summed E-state index contributed by atoms with van der Waals surface area (Å²) in [5, 5.41) is 0.